The summed E-state index contributed by atoms with van der Waals surface area (Å²) >= 11 is 0. The number of aryl methyl sites for hydroxylation is 1. The molecule has 0 saturated carbocycles. The molecular weight excluding hydrogens is 362 g/mol. The molecule has 0 radical (unpaired) electrons. The Hall–Kier alpha value is -2.92. The van der Waals surface area contributed by atoms with Crippen molar-refractivity contribution in [2.75, 3.05) is 19.6 Å². The van der Waals surface area contributed by atoms with Crippen molar-refractivity contribution in [2.45, 2.75) is 27.3 Å². The van der Waals surface area contributed by atoms with Crippen molar-refractivity contribution in [1.82, 2.24) is 14.0 Å². The molecule has 5 nitrogen and oxygen atoms in total. The Morgan fingerprint density at radius 2 is 1.69 bits per heavy atom. The standard InChI is InChI=1S/C24H27N3O2/c1-5-26(6-2)13-14-27-21-9-7-17(16(3)28)15-20(21)23-18-11-12-25(4)24(29)19(18)8-10-22(23)27/h7-12,15H,5-6,13-14H2,1-4H3. The minimum atomic E-state index is -0.00355. The summed E-state index contributed by atoms with van der Waals surface area (Å²) in [6, 6.07) is 11.9. The number of hydrogen-bond donors (Lipinski definition) is 0. The van der Waals surface area contributed by atoms with Crippen molar-refractivity contribution in [3.05, 3.63) is 58.5 Å². The lowest BCUT2D eigenvalue weighted by atomic mass is 10.0. The first-order valence-corrected chi connectivity index (χ1v) is 10.2. The quantitative estimate of drug-likeness (QED) is 0.465. The number of nitrogens with zero attached hydrogens (tertiary/aromatic N) is 3. The van der Waals surface area contributed by atoms with Gasteiger partial charge in [-0.25, -0.2) is 0 Å². The number of carbonyl (C=O) groups excluding carboxylic acids is 1. The first-order chi connectivity index (χ1) is 14.0. The second kappa shape index (κ2) is 7.48. The van der Waals surface area contributed by atoms with Gasteiger partial charge in [0.2, 0.25) is 0 Å². The largest absolute Gasteiger partial charge is 0.339 e. The number of carbonyl (C=O) groups is 1. The lowest BCUT2D eigenvalue weighted by Crippen LogP contribution is -2.26. The van der Waals surface area contributed by atoms with Crippen LogP contribution in [-0.4, -0.2) is 39.5 Å². The first kappa shape index (κ1) is 19.4. The Labute approximate surface area is 170 Å². The van der Waals surface area contributed by atoms with E-state index >= 15 is 0 Å². The van der Waals surface area contributed by atoms with E-state index in [9.17, 15) is 9.59 Å². The number of Topliss-reactive ketones (excluding diaryl/α,β-unsaturated/α-hetero) is 1. The van der Waals surface area contributed by atoms with Gasteiger partial charge in [-0.2, -0.15) is 0 Å². The molecule has 0 N–H and O–H groups in total. The lowest BCUT2D eigenvalue weighted by molar-refractivity contribution is 0.101. The van der Waals surface area contributed by atoms with Crippen LogP contribution < -0.4 is 5.56 Å². The predicted molar refractivity (Wildman–Crippen MR) is 120 cm³/mol. The summed E-state index contributed by atoms with van der Waals surface area (Å²) in [6.45, 7) is 9.79. The van der Waals surface area contributed by atoms with Crippen LogP contribution in [0.3, 0.4) is 0 Å². The van der Waals surface area contributed by atoms with E-state index in [2.05, 4.69) is 29.4 Å². The van der Waals surface area contributed by atoms with Gasteiger partial charge >= 0.3 is 0 Å². The fourth-order valence-electron chi connectivity index (χ4n) is 4.26. The fourth-order valence-corrected chi connectivity index (χ4v) is 4.26. The van der Waals surface area contributed by atoms with Crippen LogP contribution in [0.25, 0.3) is 32.6 Å². The molecule has 0 atom stereocenters. The second-order valence-corrected chi connectivity index (χ2v) is 7.62. The van der Waals surface area contributed by atoms with E-state index in [0.29, 0.717) is 10.9 Å². The molecule has 0 amide bonds. The topological polar surface area (TPSA) is 47.2 Å². The van der Waals surface area contributed by atoms with Crippen LogP contribution in [0.5, 0.6) is 0 Å². The van der Waals surface area contributed by atoms with Crippen molar-refractivity contribution in [1.29, 1.82) is 0 Å². The molecule has 150 valence electrons. The van der Waals surface area contributed by atoms with E-state index in [1.807, 2.05) is 36.5 Å². The average Bonchev–Trinajstić information content (AvgIpc) is 3.04. The number of rotatable bonds is 6. The van der Waals surface area contributed by atoms with Gasteiger partial charge in [-0.3, -0.25) is 9.59 Å². The molecule has 0 spiro atoms. The van der Waals surface area contributed by atoms with Gasteiger partial charge in [0.25, 0.3) is 5.56 Å². The zero-order valence-corrected chi connectivity index (χ0v) is 17.5. The van der Waals surface area contributed by atoms with E-state index in [-0.39, 0.29) is 11.3 Å². The summed E-state index contributed by atoms with van der Waals surface area (Å²) < 4.78 is 3.93. The van der Waals surface area contributed by atoms with Crippen molar-refractivity contribution < 1.29 is 4.79 Å². The van der Waals surface area contributed by atoms with Crippen LogP contribution in [0.4, 0.5) is 0 Å². The van der Waals surface area contributed by atoms with Gasteiger partial charge in [0.15, 0.2) is 5.78 Å². The van der Waals surface area contributed by atoms with Gasteiger partial charge in [0.1, 0.15) is 0 Å². The average molecular weight is 389 g/mol. The molecule has 2 aromatic carbocycles. The lowest BCUT2D eigenvalue weighted by Gasteiger charge is -2.19. The van der Waals surface area contributed by atoms with Crippen LogP contribution in [0, 0.1) is 0 Å². The van der Waals surface area contributed by atoms with Crippen molar-refractivity contribution in [2.24, 2.45) is 7.05 Å². The van der Waals surface area contributed by atoms with E-state index in [4.69, 9.17) is 0 Å². The number of hydrogen-bond acceptors (Lipinski definition) is 3. The molecule has 0 aliphatic rings. The fraction of sp³-hybridized carbons (Fsp3) is 0.333. The highest BCUT2D eigenvalue weighted by Crippen LogP contribution is 2.34. The smallest absolute Gasteiger partial charge is 0.258 e. The molecule has 0 saturated heterocycles. The van der Waals surface area contributed by atoms with Crippen LogP contribution >= 0.6 is 0 Å². The second-order valence-electron chi connectivity index (χ2n) is 7.62. The maximum absolute atomic E-state index is 12.7. The van der Waals surface area contributed by atoms with E-state index < -0.39 is 0 Å². The summed E-state index contributed by atoms with van der Waals surface area (Å²) in [5, 5.41) is 3.74. The zero-order chi connectivity index (χ0) is 20.7. The molecule has 0 aliphatic carbocycles. The van der Waals surface area contributed by atoms with Crippen molar-refractivity contribution in [3.63, 3.8) is 0 Å². The van der Waals surface area contributed by atoms with Gasteiger partial charge < -0.3 is 14.0 Å². The monoisotopic (exact) mass is 389 g/mol. The highest BCUT2D eigenvalue weighted by Gasteiger charge is 2.16. The molecule has 2 heterocycles. The highest BCUT2D eigenvalue weighted by atomic mass is 16.1. The SMILES string of the molecule is CCN(CC)CCn1c2ccc(C(C)=O)cc2c2c3ccn(C)c(=O)c3ccc21. The minimum absolute atomic E-state index is 0.00355. The zero-order valence-electron chi connectivity index (χ0n) is 17.5. The number of ketones is 1. The number of benzene rings is 2. The number of pyridine rings is 1. The maximum Gasteiger partial charge on any atom is 0.258 e. The summed E-state index contributed by atoms with van der Waals surface area (Å²) in [5.41, 5.74) is 2.90. The Morgan fingerprint density at radius 3 is 2.38 bits per heavy atom. The molecule has 4 aromatic rings. The summed E-state index contributed by atoms with van der Waals surface area (Å²) in [4.78, 5) is 27.1. The van der Waals surface area contributed by atoms with Gasteiger partial charge in [-0.1, -0.05) is 13.8 Å². The Morgan fingerprint density at radius 1 is 0.966 bits per heavy atom. The molecule has 5 heteroatoms. The summed E-state index contributed by atoms with van der Waals surface area (Å²) in [7, 11) is 1.77. The number of likely N-dealkylation sites (N-methyl/N-ethyl adjacent to an activating group) is 1. The predicted octanol–water partition coefficient (Wildman–Crippen LogP) is 4.19. The third kappa shape index (κ3) is 3.15. The highest BCUT2D eigenvalue weighted by molar-refractivity contribution is 6.21. The van der Waals surface area contributed by atoms with E-state index in [0.717, 1.165) is 53.4 Å². The van der Waals surface area contributed by atoms with Crippen LogP contribution in [0.15, 0.2) is 47.4 Å². The Balaban J connectivity index is 2.06. The van der Waals surface area contributed by atoms with Crippen LogP contribution in [-0.2, 0) is 13.6 Å². The normalized spacial score (nSPS) is 11.9. The van der Waals surface area contributed by atoms with Gasteiger partial charge in [-0.15, -0.1) is 0 Å². The summed E-state index contributed by atoms with van der Waals surface area (Å²) in [5.74, 6) is 0.0482. The third-order valence-electron chi connectivity index (χ3n) is 6.03. The van der Waals surface area contributed by atoms with Crippen LogP contribution in [0.1, 0.15) is 31.1 Å². The molecule has 4 rings (SSSR count). The molecule has 0 unspecified atom stereocenters. The molecular formula is C24H27N3O2. The number of aromatic nitrogens is 2. The third-order valence-corrected chi connectivity index (χ3v) is 6.03. The molecule has 2 aromatic heterocycles. The Bertz CT molecular complexity index is 1290. The summed E-state index contributed by atoms with van der Waals surface area (Å²) in [6.07, 6.45) is 1.82. The molecule has 0 bridgehead atoms. The first-order valence-electron chi connectivity index (χ1n) is 10.2. The van der Waals surface area contributed by atoms with Gasteiger partial charge in [-0.05, 0) is 61.8 Å². The maximum atomic E-state index is 12.7. The molecule has 0 fully saturated rings. The minimum Gasteiger partial charge on any atom is -0.339 e. The van der Waals surface area contributed by atoms with Crippen LogP contribution in [0.2, 0.25) is 0 Å². The van der Waals surface area contributed by atoms with Gasteiger partial charge in [0.05, 0.1) is 0 Å². The van der Waals surface area contributed by atoms with Crippen molar-refractivity contribution >= 4 is 38.4 Å². The van der Waals surface area contributed by atoms with Crippen molar-refractivity contribution in [3.8, 4) is 0 Å². The van der Waals surface area contributed by atoms with E-state index in [1.54, 1.807) is 18.5 Å². The van der Waals surface area contributed by atoms with Gasteiger partial charge in [0, 0.05) is 59.1 Å². The van der Waals surface area contributed by atoms with E-state index in [1.165, 1.54) is 0 Å². The Kier molecular flexibility index (Phi) is 5.01. The molecule has 29 heavy (non-hydrogen) atoms. The number of fused-ring (bicyclic) bond motifs is 5. The molecule has 0 aliphatic heterocycles.